The van der Waals surface area contributed by atoms with E-state index >= 15 is 0 Å². The molecule has 1 N–H and O–H groups in total. The Balaban J connectivity index is 2.19. The normalized spacial score (nSPS) is 13.3. The van der Waals surface area contributed by atoms with Gasteiger partial charge >= 0.3 is 0 Å². The van der Waals surface area contributed by atoms with Crippen molar-refractivity contribution in [2.45, 2.75) is 26.3 Å². The van der Waals surface area contributed by atoms with Crippen LogP contribution in [0.5, 0.6) is 0 Å². The summed E-state index contributed by atoms with van der Waals surface area (Å²) in [6.45, 7) is 5.02. The molecule has 0 atom stereocenters. The fraction of sp³-hybridized carbons (Fsp3) is 0.312. The van der Waals surface area contributed by atoms with Gasteiger partial charge in [0.05, 0.1) is 5.22 Å². The van der Waals surface area contributed by atoms with E-state index in [1.54, 1.807) is 0 Å². The van der Waals surface area contributed by atoms with Crippen molar-refractivity contribution in [3.8, 4) is 11.4 Å². The maximum Gasteiger partial charge on any atom is 0.163 e. The standard InChI is InChI=1S/C16H18N4/c1-11(2)18-16-13-9-6-10-17-15(13)19-14(20-16)12-7-4-3-5-8-12/h3-5,7-9,11H,6,10H2,1-2H3,(H,17,18,19,20). The number of nitrogens with zero attached hydrogens (tertiary/aromatic N) is 3. The van der Waals surface area contributed by atoms with E-state index < -0.39 is 0 Å². The van der Waals surface area contributed by atoms with Crippen molar-refractivity contribution in [1.29, 1.82) is 0 Å². The van der Waals surface area contributed by atoms with Crippen LogP contribution in [0.25, 0.3) is 17.5 Å². The van der Waals surface area contributed by atoms with E-state index in [0.29, 0.717) is 6.04 Å². The maximum atomic E-state index is 4.68. The third-order valence-electron chi connectivity index (χ3n) is 3.12. The number of anilines is 1. The summed E-state index contributed by atoms with van der Waals surface area (Å²) in [5, 5.41) is 4.43. The first-order valence-electron chi connectivity index (χ1n) is 6.99. The fourth-order valence-corrected chi connectivity index (χ4v) is 2.25. The molecule has 2 aromatic rings. The van der Waals surface area contributed by atoms with E-state index in [-0.39, 0.29) is 0 Å². The van der Waals surface area contributed by atoms with Gasteiger partial charge in [0, 0.05) is 18.2 Å². The predicted molar refractivity (Wildman–Crippen MR) is 81.0 cm³/mol. The first kappa shape index (κ1) is 12.8. The molecule has 1 aliphatic heterocycles. The third kappa shape index (κ3) is 2.54. The molecule has 102 valence electrons. The summed E-state index contributed by atoms with van der Waals surface area (Å²) in [5.74, 6) is 1.61. The Morgan fingerprint density at radius 1 is 1.10 bits per heavy atom. The second-order valence-corrected chi connectivity index (χ2v) is 5.17. The van der Waals surface area contributed by atoms with Gasteiger partial charge in [-0.15, -0.1) is 0 Å². The molecule has 0 amide bonds. The molecular formula is C16H18N4. The molecule has 20 heavy (non-hydrogen) atoms. The number of hydrogen-bond acceptors (Lipinski definition) is 4. The number of hydrogen-bond donors (Lipinski definition) is 1. The summed E-state index contributed by atoms with van der Waals surface area (Å²) in [4.78, 5) is 13.8. The number of nitrogens with one attached hydrogen (secondary N) is 1. The van der Waals surface area contributed by atoms with Crippen LogP contribution in [0.2, 0.25) is 0 Å². The van der Waals surface area contributed by atoms with E-state index in [1.807, 2.05) is 30.3 Å². The van der Waals surface area contributed by atoms with Crippen molar-refractivity contribution in [3.63, 3.8) is 0 Å². The molecule has 4 heteroatoms. The highest BCUT2D eigenvalue weighted by Gasteiger charge is 2.10. The van der Waals surface area contributed by atoms with Crippen LogP contribution in [0.15, 0.2) is 35.3 Å². The van der Waals surface area contributed by atoms with Crippen molar-refractivity contribution in [3.05, 3.63) is 41.0 Å². The molecular weight excluding hydrogens is 248 g/mol. The molecule has 0 saturated heterocycles. The lowest BCUT2D eigenvalue weighted by Gasteiger charge is -2.12. The summed E-state index contributed by atoms with van der Waals surface area (Å²) in [6.07, 6.45) is 3.12. The van der Waals surface area contributed by atoms with E-state index in [9.17, 15) is 0 Å². The molecule has 0 unspecified atom stereocenters. The van der Waals surface area contributed by atoms with Crippen LogP contribution < -0.4 is 16.0 Å². The second kappa shape index (κ2) is 5.41. The van der Waals surface area contributed by atoms with Crippen LogP contribution in [0, 0.1) is 0 Å². The minimum absolute atomic E-state index is 0.327. The summed E-state index contributed by atoms with van der Waals surface area (Å²) < 4.78 is 0. The van der Waals surface area contributed by atoms with Gasteiger partial charge in [0.1, 0.15) is 5.82 Å². The Labute approximate surface area is 118 Å². The lowest BCUT2D eigenvalue weighted by atomic mass is 10.2. The third-order valence-corrected chi connectivity index (χ3v) is 3.12. The Kier molecular flexibility index (Phi) is 3.46. The lowest BCUT2D eigenvalue weighted by molar-refractivity contribution is 0.862. The average molecular weight is 266 g/mol. The quantitative estimate of drug-likeness (QED) is 0.921. The summed E-state index contributed by atoms with van der Waals surface area (Å²) in [7, 11) is 0. The first-order valence-corrected chi connectivity index (χ1v) is 6.99. The van der Waals surface area contributed by atoms with Crippen molar-refractivity contribution in [2.24, 2.45) is 4.99 Å². The number of aromatic nitrogens is 2. The van der Waals surface area contributed by atoms with Gasteiger partial charge < -0.3 is 5.32 Å². The van der Waals surface area contributed by atoms with Crippen LogP contribution in [0.3, 0.4) is 0 Å². The molecule has 0 fully saturated rings. The van der Waals surface area contributed by atoms with E-state index in [4.69, 9.17) is 0 Å². The first-order chi connectivity index (χ1) is 9.74. The zero-order valence-corrected chi connectivity index (χ0v) is 11.8. The topological polar surface area (TPSA) is 50.2 Å². The maximum absolute atomic E-state index is 4.68. The summed E-state index contributed by atoms with van der Waals surface area (Å²) in [6, 6.07) is 10.4. The zero-order chi connectivity index (χ0) is 13.9. The van der Waals surface area contributed by atoms with Crippen LogP contribution in [-0.2, 0) is 0 Å². The predicted octanol–water partition coefficient (Wildman–Crippen LogP) is 1.77. The number of benzene rings is 1. The molecule has 4 nitrogen and oxygen atoms in total. The molecule has 0 bridgehead atoms. The highest BCUT2D eigenvalue weighted by molar-refractivity contribution is 5.57. The Morgan fingerprint density at radius 3 is 2.65 bits per heavy atom. The van der Waals surface area contributed by atoms with Crippen molar-refractivity contribution >= 4 is 11.9 Å². The van der Waals surface area contributed by atoms with Gasteiger partial charge in [-0.2, -0.15) is 0 Å². The Bertz CT molecular complexity index is 720. The van der Waals surface area contributed by atoms with Crippen LogP contribution >= 0.6 is 0 Å². The number of rotatable bonds is 3. The van der Waals surface area contributed by atoms with Crippen molar-refractivity contribution in [2.75, 3.05) is 11.9 Å². The fourth-order valence-electron chi connectivity index (χ4n) is 2.25. The molecule has 0 saturated carbocycles. The van der Waals surface area contributed by atoms with Gasteiger partial charge in [-0.05, 0) is 20.3 Å². The summed E-state index contributed by atoms with van der Waals surface area (Å²) in [5.41, 5.74) is 1.82. The Hall–Kier alpha value is -2.23. The zero-order valence-electron chi connectivity index (χ0n) is 11.8. The van der Waals surface area contributed by atoms with Gasteiger partial charge in [0.2, 0.25) is 0 Å². The molecule has 1 aliphatic rings. The van der Waals surface area contributed by atoms with Crippen LogP contribution in [0.4, 0.5) is 5.82 Å². The van der Waals surface area contributed by atoms with Crippen molar-refractivity contribution < 1.29 is 0 Å². The highest BCUT2D eigenvalue weighted by atomic mass is 15.1. The molecule has 3 rings (SSSR count). The second-order valence-electron chi connectivity index (χ2n) is 5.17. The van der Waals surface area contributed by atoms with E-state index in [1.165, 1.54) is 0 Å². The number of fused-ring (bicyclic) bond motifs is 1. The largest absolute Gasteiger partial charge is 0.367 e. The molecule has 0 spiro atoms. The minimum atomic E-state index is 0.327. The summed E-state index contributed by atoms with van der Waals surface area (Å²) >= 11 is 0. The van der Waals surface area contributed by atoms with E-state index in [2.05, 4.69) is 40.2 Å². The molecule has 2 heterocycles. The smallest absolute Gasteiger partial charge is 0.163 e. The average Bonchev–Trinajstić information content (AvgIpc) is 2.47. The Morgan fingerprint density at radius 2 is 1.90 bits per heavy atom. The molecule has 0 radical (unpaired) electrons. The van der Waals surface area contributed by atoms with Gasteiger partial charge in [-0.25, -0.2) is 9.97 Å². The SMILES string of the molecule is CC(C)Nc1nc(-c2ccccc2)nc2c1=CCCN=2. The van der Waals surface area contributed by atoms with Gasteiger partial charge in [-0.3, -0.25) is 4.99 Å². The minimum Gasteiger partial charge on any atom is -0.367 e. The van der Waals surface area contributed by atoms with Crippen LogP contribution in [-0.4, -0.2) is 22.6 Å². The van der Waals surface area contributed by atoms with Gasteiger partial charge in [0.15, 0.2) is 11.3 Å². The molecule has 0 aliphatic carbocycles. The van der Waals surface area contributed by atoms with Crippen molar-refractivity contribution in [1.82, 2.24) is 9.97 Å². The van der Waals surface area contributed by atoms with Crippen LogP contribution in [0.1, 0.15) is 20.3 Å². The van der Waals surface area contributed by atoms with E-state index in [0.717, 1.165) is 40.9 Å². The highest BCUT2D eigenvalue weighted by Crippen LogP contribution is 2.13. The molecule has 1 aromatic heterocycles. The van der Waals surface area contributed by atoms with Gasteiger partial charge in [0.25, 0.3) is 0 Å². The molecule has 1 aromatic carbocycles. The van der Waals surface area contributed by atoms with Gasteiger partial charge in [-0.1, -0.05) is 36.4 Å². The monoisotopic (exact) mass is 266 g/mol. The lowest BCUT2D eigenvalue weighted by Crippen LogP contribution is -2.36.